The van der Waals surface area contributed by atoms with Crippen LogP contribution in [-0.4, -0.2) is 4.98 Å². The third-order valence-electron chi connectivity index (χ3n) is 2.29. The molecule has 0 fully saturated rings. The molecule has 15 heavy (non-hydrogen) atoms. The lowest BCUT2D eigenvalue weighted by Gasteiger charge is -2.09. The van der Waals surface area contributed by atoms with Gasteiger partial charge in [0.2, 0.25) is 0 Å². The zero-order chi connectivity index (χ0) is 10.7. The van der Waals surface area contributed by atoms with Crippen LogP contribution in [0.25, 0.3) is 0 Å². The Hall–Kier alpha value is -1.19. The number of benzene rings is 1. The van der Waals surface area contributed by atoms with Gasteiger partial charge in [-0.1, -0.05) is 30.3 Å². The fraction of sp³-hybridized carbons (Fsp3) is 0.250. The van der Waals surface area contributed by atoms with Crippen molar-refractivity contribution in [3.8, 4) is 0 Å². The highest BCUT2D eigenvalue weighted by atomic mass is 32.1. The van der Waals surface area contributed by atoms with E-state index in [1.54, 1.807) is 11.3 Å². The van der Waals surface area contributed by atoms with Crippen molar-refractivity contribution in [1.29, 1.82) is 0 Å². The summed E-state index contributed by atoms with van der Waals surface area (Å²) < 4.78 is 0. The molecule has 0 spiro atoms. The van der Waals surface area contributed by atoms with Crippen molar-refractivity contribution >= 4 is 11.3 Å². The van der Waals surface area contributed by atoms with Gasteiger partial charge in [-0.3, -0.25) is 0 Å². The van der Waals surface area contributed by atoms with Crippen molar-refractivity contribution in [2.45, 2.75) is 19.4 Å². The normalized spacial score (nSPS) is 12.7. The first-order valence-electron chi connectivity index (χ1n) is 4.97. The van der Waals surface area contributed by atoms with Gasteiger partial charge in [0, 0.05) is 23.5 Å². The fourth-order valence-corrected chi connectivity index (χ4v) is 2.35. The van der Waals surface area contributed by atoms with Crippen molar-refractivity contribution < 1.29 is 0 Å². The first-order valence-corrected chi connectivity index (χ1v) is 5.79. The Labute approximate surface area is 93.8 Å². The average Bonchev–Trinajstić information content (AvgIpc) is 2.65. The zero-order valence-corrected chi connectivity index (χ0v) is 9.50. The molecular formula is C12H14N2S. The molecule has 3 heteroatoms. The largest absolute Gasteiger partial charge is 0.324 e. The van der Waals surface area contributed by atoms with E-state index < -0.39 is 0 Å². The average molecular weight is 218 g/mol. The highest BCUT2D eigenvalue weighted by molar-refractivity contribution is 7.11. The van der Waals surface area contributed by atoms with Crippen LogP contribution >= 0.6 is 11.3 Å². The van der Waals surface area contributed by atoms with Gasteiger partial charge in [-0.05, 0) is 12.5 Å². The van der Waals surface area contributed by atoms with E-state index in [2.05, 4.69) is 24.0 Å². The van der Waals surface area contributed by atoms with Crippen LogP contribution in [-0.2, 0) is 6.42 Å². The minimum atomic E-state index is 0.0525. The summed E-state index contributed by atoms with van der Waals surface area (Å²) in [7, 11) is 0. The first kappa shape index (κ1) is 10.3. The van der Waals surface area contributed by atoms with Gasteiger partial charge in [-0.25, -0.2) is 4.98 Å². The van der Waals surface area contributed by atoms with E-state index in [1.165, 1.54) is 10.4 Å². The number of rotatable bonds is 3. The molecule has 2 aromatic rings. The van der Waals surface area contributed by atoms with Gasteiger partial charge in [0.05, 0.1) is 5.01 Å². The molecule has 2 nitrogen and oxygen atoms in total. The Morgan fingerprint density at radius 2 is 2.07 bits per heavy atom. The standard InChI is InChI=1S/C12H14N2S/c1-9-8-14-12(15-9)7-11(13)10-5-3-2-4-6-10/h2-6,8,11H,7,13H2,1H3. The molecule has 0 amide bonds. The molecule has 0 aliphatic carbocycles. The molecule has 2 rings (SSSR count). The summed E-state index contributed by atoms with van der Waals surface area (Å²) in [6.45, 7) is 2.06. The quantitative estimate of drug-likeness (QED) is 0.860. The van der Waals surface area contributed by atoms with Crippen LogP contribution < -0.4 is 5.73 Å². The molecule has 0 aliphatic rings. The van der Waals surface area contributed by atoms with E-state index in [0.717, 1.165) is 11.4 Å². The topological polar surface area (TPSA) is 38.9 Å². The maximum absolute atomic E-state index is 6.10. The molecule has 1 atom stereocenters. The van der Waals surface area contributed by atoms with Gasteiger partial charge in [0.1, 0.15) is 0 Å². The van der Waals surface area contributed by atoms with Crippen LogP contribution in [0, 0.1) is 6.92 Å². The van der Waals surface area contributed by atoms with Gasteiger partial charge in [-0.15, -0.1) is 11.3 Å². The smallest absolute Gasteiger partial charge is 0.0946 e. The Morgan fingerprint density at radius 1 is 1.33 bits per heavy atom. The number of aryl methyl sites for hydroxylation is 1. The summed E-state index contributed by atoms with van der Waals surface area (Å²) in [5.41, 5.74) is 7.27. The number of nitrogens with two attached hydrogens (primary N) is 1. The lowest BCUT2D eigenvalue weighted by molar-refractivity contribution is 0.718. The Kier molecular flexibility index (Phi) is 3.14. The molecule has 2 N–H and O–H groups in total. The number of nitrogens with zero attached hydrogens (tertiary/aromatic N) is 1. The number of thiazole rings is 1. The summed E-state index contributed by atoms with van der Waals surface area (Å²) in [6, 6.07) is 10.2. The molecule has 0 radical (unpaired) electrons. The molecule has 0 bridgehead atoms. The maximum Gasteiger partial charge on any atom is 0.0946 e. The molecule has 1 heterocycles. The Bertz CT molecular complexity index is 422. The second-order valence-electron chi connectivity index (χ2n) is 3.59. The summed E-state index contributed by atoms with van der Waals surface area (Å²) in [4.78, 5) is 5.56. The van der Waals surface area contributed by atoms with Crippen molar-refractivity contribution in [3.05, 3.63) is 52.0 Å². The van der Waals surface area contributed by atoms with Gasteiger partial charge in [-0.2, -0.15) is 0 Å². The predicted octanol–water partition coefficient (Wildman–Crippen LogP) is 2.69. The molecule has 1 aromatic carbocycles. The van der Waals surface area contributed by atoms with Crippen molar-refractivity contribution in [3.63, 3.8) is 0 Å². The van der Waals surface area contributed by atoms with Crippen molar-refractivity contribution in [2.75, 3.05) is 0 Å². The third-order valence-corrected chi connectivity index (χ3v) is 3.23. The second kappa shape index (κ2) is 4.55. The molecule has 1 aromatic heterocycles. The highest BCUT2D eigenvalue weighted by Gasteiger charge is 2.08. The van der Waals surface area contributed by atoms with Crippen LogP contribution in [0.15, 0.2) is 36.5 Å². The maximum atomic E-state index is 6.10. The third kappa shape index (κ3) is 2.64. The van der Waals surface area contributed by atoms with Crippen molar-refractivity contribution in [1.82, 2.24) is 4.98 Å². The van der Waals surface area contributed by atoms with E-state index in [4.69, 9.17) is 5.73 Å². The minimum absolute atomic E-state index is 0.0525. The molecule has 0 saturated carbocycles. The molecule has 0 saturated heterocycles. The van der Waals surface area contributed by atoms with Gasteiger partial charge in [0.25, 0.3) is 0 Å². The fourth-order valence-electron chi connectivity index (χ4n) is 1.50. The lowest BCUT2D eigenvalue weighted by Crippen LogP contribution is -2.12. The monoisotopic (exact) mass is 218 g/mol. The van der Waals surface area contributed by atoms with Gasteiger partial charge in [0.15, 0.2) is 0 Å². The second-order valence-corrected chi connectivity index (χ2v) is 4.91. The van der Waals surface area contributed by atoms with Crippen LogP contribution in [0.4, 0.5) is 0 Å². The molecule has 1 unspecified atom stereocenters. The van der Waals surface area contributed by atoms with E-state index in [1.807, 2.05) is 24.4 Å². The van der Waals surface area contributed by atoms with Crippen LogP contribution in [0.2, 0.25) is 0 Å². The summed E-state index contributed by atoms with van der Waals surface area (Å²) in [6.07, 6.45) is 2.72. The highest BCUT2D eigenvalue weighted by Crippen LogP contribution is 2.19. The summed E-state index contributed by atoms with van der Waals surface area (Å²) in [5.74, 6) is 0. The molecule has 0 aliphatic heterocycles. The van der Waals surface area contributed by atoms with E-state index in [9.17, 15) is 0 Å². The SMILES string of the molecule is Cc1cnc(CC(N)c2ccccc2)s1. The molecular weight excluding hydrogens is 204 g/mol. The van der Waals surface area contributed by atoms with Crippen LogP contribution in [0.3, 0.4) is 0 Å². The summed E-state index contributed by atoms with van der Waals surface area (Å²) >= 11 is 1.72. The lowest BCUT2D eigenvalue weighted by atomic mass is 10.1. The van der Waals surface area contributed by atoms with E-state index in [-0.39, 0.29) is 6.04 Å². The number of hydrogen-bond acceptors (Lipinski definition) is 3. The van der Waals surface area contributed by atoms with Gasteiger partial charge < -0.3 is 5.73 Å². The Morgan fingerprint density at radius 3 is 2.67 bits per heavy atom. The number of aromatic nitrogens is 1. The first-order chi connectivity index (χ1) is 7.25. The zero-order valence-electron chi connectivity index (χ0n) is 8.68. The van der Waals surface area contributed by atoms with E-state index >= 15 is 0 Å². The molecule has 78 valence electrons. The van der Waals surface area contributed by atoms with Gasteiger partial charge >= 0.3 is 0 Å². The van der Waals surface area contributed by atoms with Crippen LogP contribution in [0.1, 0.15) is 21.5 Å². The summed E-state index contributed by atoms with van der Waals surface area (Å²) in [5, 5.41) is 1.11. The van der Waals surface area contributed by atoms with Crippen molar-refractivity contribution in [2.24, 2.45) is 5.73 Å². The van der Waals surface area contributed by atoms with Crippen LogP contribution in [0.5, 0.6) is 0 Å². The van der Waals surface area contributed by atoms with E-state index in [0.29, 0.717) is 0 Å². The minimum Gasteiger partial charge on any atom is -0.324 e. The Balaban J connectivity index is 2.07. The predicted molar refractivity (Wildman–Crippen MR) is 63.9 cm³/mol. The number of hydrogen-bond donors (Lipinski definition) is 1.